The predicted octanol–water partition coefficient (Wildman–Crippen LogP) is 2.46. The van der Waals surface area contributed by atoms with Gasteiger partial charge in [0.15, 0.2) is 0 Å². The first-order valence-electron chi connectivity index (χ1n) is 8.47. The Kier molecular flexibility index (Phi) is 3.77. The first-order valence-corrected chi connectivity index (χ1v) is 8.85. The van der Waals surface area contributed by atoms with E-state index in [4.69, 9.17) is 22.1 Å². The number of carbonyl (C=O) groups excluding carboxylic acids is 1. The normalized spacial score (nSPS) is 26.7. The molecule has 2 atom stereocenters. The second kappa shape index (κ2) is 5.67. The topological polar surface area (TPSA) is 80.5 Å². The lowest BCUT2D eigenvalue weighted by molar-refractivity contribution is -0.135. The molecular weight excluding hydrogens is 352 g/mol. The van der Waals surface area contributed by atoms with E-state index >= 15 is 0 Å². The number of amides is 1. The lowest BCUT2D eigenvalue weighted by Crippen LogP contribution is -2.54. The molecule has 0 radical (unpaired) electrons. The van der Waals surface area contributed by atoms with Crippen molar-refractivity contribution in [2.75, 3.05) is 7.05 Å². The summed E-state index contributed by atoms with van der Waals surface area (Å²) in [7, 11) is 1.71. The number of pyridine rings is 1. The molecule has 0 saturated carbocycles. The van der Waals surface area contributed by atoms with E-state index in [1.54, 1.807) is 24.3 Å². The minimum absolute atomic E-state index is 0.0519. The Balaban J connectivity index is 1.90. The Morgan fingerprint density at radius 2 is 2.08 bits per heavy atom. The molecule has 26 heavy (non-hydrogen) atoms. The number of halogens is 1. The summed E-state index contributed by atoms with van der Waals surface area (Å²) in [6.45, 7) is 3.95. The standard InChI is InChI=1S/C19H21ClN4O2/c1-18(2)10-19(16(25)24(3)17(21)23-19)14-7-11(4-5-15(14)26-18)12-6-13(20)9-22-8-12/h4-9,17,23H,10,21H2,1-3H3. The maximum Gasteiger partial charge on any atom is 0.249 e. The van der Waals surface area contributed by atoms with Crippen molar-refractivity contribution in [2.45, 2.75) is 37.7 Å². The van der Waals surface area contributed by atoms with Crippen LogP contribution in [0.3, 0.4) is 0 Å². The van der Waals surface area contributed by atoms with Crippen LogP contribution in [-0.2, 0) is 10.3 Å². The van der Waals surface area contributed by atoms with Gasteiger partial charge < -0.3 is 9.64 Å². The molecule has 2 aliphatic rings. The van der Waals surface area contributed by atoms with Crippen LogP contribution in [0, 0.1) is 0 Å². The molecule has 136 valence electrons. The van der Waals surface area contributed by atoms with Gasteiger partial charge in [0.1, 0.15) is 23.2 Å². The van der Waals surface area contributed by atoms with Crippen molar-refractivity contribution >= 4 is 17.5 Å². The summed E-state index contributed by atoms with van der Waals surface area (Å²) in [5, 5.41) is 3.86. The molecule has 3 heterocycles. The number of hydrogen-bond acceptors (Lipinski definition) is 5. The number of likely N-dealkylation sites (N-methyl/N-ethyl adjacent to an activating group) is 1. The highest BCUT2D eigenvalue weighted by atomic mass is 35.5. The van der Waals surface area contributed by atoms with Crippen molar-refractivity contribution in [1.29, 1.82) is 0 Å². The van der Waals surface area contributed by atoms with Gasteiger partial charge in [-0.2, -0.15) is 0 Å². The van der Waals surface area contributed by atoms with Gasteiger partial charge in [-0.3, -0.25) is 20.8 Å². The Morgan fingerprint density at radius 1 is 1.31 bits per heavy atom. The fraction of sp³-hybridized carbons (Fsp3) is 0.368. The largest absolute Gasteiger partial charge is 0.487 e. The van der Waals surface area contributed by atoms with Gasteiger partial charge in [-0.25, -0.2) is 0 Å². The molecule has 6 nitrogen and oxygen atoms in total. The molecule has 0 aliphatic carbocycles. The second-order valence-electron chi connectivity index (χ2n) is 7.55. The molecule has 2 aromatic rings. The number of nitrogens with one attached hydrogen (secondary N) is 1. The van der Waals surface area contributed by atoms with Crippen LogP contribution in [0.1, 0.15) is 25.8 Å². The van der Waals surface area contributed by atoms with Crippen molar-refractivity contribution in [3.05, 3.63) is 47.2 Å². The highest BCUT2D eigenvalue weighted by molar-refractivity contribution is 6.30. The van der Waals surface area contributed by atoms with Crippen LogP contribution >= 0.6 is 11.6 Å². The number of carbonyl (C=O) groups is 1. The van der Waals surface area contributed by atoms with Crippen molar-refractivity contribution in [3.63, 3.8) is 0 Å². The molecule has 7 heteroatoms. The molecule has 2 aliphatic heterocycles. The number of ether oxygens (including phenoxy) is 1. The summed E-state index contributed by atoms with van der Waals surface area (Å²) in [5.74, 6) is 0.632. The minimum Gasteiger partial charge on any atom is -0.487 e. The SMILES string of the molecule is CN1C(=O)C2(CC(C)(C)Oc3ccc(-c4cncc(Cl)c4)cc32)NC1N. The summed E-state index contributed by atoms with van der Waals surface area (Å²) in [5.41, 5.74) is 7.29. The Labute approximate surface area is 157 Å². The lowest BCUT2D eigenvalue weighted by Gasteiger charge is -2.42. The minimum atomic E-state index is -0.909. The Hall–Kier alpha value is -2.15. The van der Waals surface area contributed by atoms with Crippen LogP contribution in [0.5, 0.6) is 5.75 Å². The number of nitrogens with two attached hydrogens (primary N) is 1. The van der Waals surface area contributed by atoms with E-state index in [1.807, 2.05) is 38.1 Å². The maximum atomic E-state index is 13.1. The third kappa shape index (κ3) is 2.57. The molecule has 0 bridgehead atoms. The first-order chi connectivity index (χ1) is 12.2. The molecular formula is C19H21ClN4O2. The summed E-state index contributed by atoms with van der Waals surface area (Å²) in [6, 6.07) is 7.66. The quantitative estimate of drug-likeness (QED) is 0.803. The Bertz CT molecular complexity index is 901. The van der Waals surface area contributed by atoms with Crippen molar-refractivity contribution in [2.24, 2.45) is 5.73 Å². The average Bonchev–Trinajstić information content (AvgIpc) is 2.78. The van der Waals surface area contributed by atoms with E-state index < -0.39 is 17.4 Å². The van der Waals surface area contributed by atoms with Crippen molar-refractivity contribution in [1.82, 2.24) is 15.2 Å². The summed E-state index contributed by atoms with van der Waals surface area (Å²) < 4.78 is 6.15. The van der Waals surface area contributed by atoms with Gasteiger partial charge in [0.05, 0.1) is 5.02 Å². The molecule has 3 N–H and O–H groups in total. The van der Waals surface area contributed by atoms with E-state index in [9.17, 15) is 4.79 Å². The zero-order chi connectivity index (χ0) is 18.7. The lowest BCUT2D eigenvalue weighted by atomic mass is 9.76. The highest BCUT2D eigenvalue weighted by Crippen LogP contribution is 2.47. The second-order valence-corrected chi connectivity index (χ2v) is 7.99. The van der Waals surface area contributed by atoms with Gasteiger partial charge in [0.25, 0.3) is 0 Å². The zero-order valence-electron chi connectivity index (χ0n) is 14.9. The van der Waals surface area contributed by atoms with Crippen molar-refractivity contribution < 1.29 is 9.53 Å². The van der Waals surface area contributed by atoms with Crippen LogP contribution in [-0.4, -0.2) is 34.7 Å². The van der Waals surface area contributed by atoms with Crippen LogP contribution in [0.4, 0.5) is 0 Å². The van der Waals surface area contributed by atoms with Gasteiger partial charge in [0.2, 0.25) is 5.91 Å². The summed E-state index contributed by atoms with van der Waals surface area (Å²) >= 11 is 6.08. The first kappa shape index (κ1) is 17.3. The number of benzene rings is 1. The molecule has 4 rings (SSSR count). The number of fused-ring (bicyclic) bond motifs is 2. The van der Waals surface area contributed by atoms with Crippen LogP contribution in [0.2, 0.25) is 5.02 Å². The fourth-order valence-electron chi connectivity index (χ4n) is 3.93. The monoisotopic (exact) mass is 372 g/mol. The van der Waals surface area contributed by atoms with Gasteiger partial charge in [-0.05, 0) is 37.6 Å². The summed E-state index contributed by atoms with van der Waals surface area (Å²) in [4.78, 5) is 18.8. The van der Waals surface area contributed by atoms with Crippen LogP contribution < -0.4 is 15.8 Å². The van der Waals surface area contributed by atoms with E-state index in [-0.39, 0.29) is 5.91 Å². The smallest absolute Gasteiger partial charge is 0.249 e. The van der Waals surface area contributed by atoms with Gasteiger partial charge >= 0.3 is 0 Å². The van der Waals surface area contributed by atoms with Gasteiger partial charge in [-0.15, -0.1) is 0 Å². The Morgan fingerprint density at radius 3 is 2.73 bits per heavy atom. The number of aromatic nitrogens is 1. The zero-order valence-corrected chi connectivity index (χ0v) is 15.7. The molecule has 1 spiro atoms. The average molecular weight is 373 g/mol. The molecule has 1 fully saturated rings. The fourth-order valence-corrected chi connectivity index (χ4v) is 4.10. The molecule has 1 aromatic carbocycles. The molecule has 1 saturated heterocycles. The number of hydrogen-bond donors (Lipinski definition) is 2. The third-order valence-electron chi connectivity index (χ3n) is 5.05. The third-order valence-corrected chi connectivity index (χ3v) is 5.26. The molecule has 1 aromatic heterocycles. The highest BCUT2D eigenvalue weighted by Gasteiger charge is 2.56. The van der Waals surface area contributed by atoms with E-state index in [0.717, 1.165) is 16.7 Å². The molecule has 1 amide bonds. The van der Waals surface area contributed by atoms with E-state index in [2.05, 4.69) is 10.3 Å². The van der Waals surface area contributed by atoms with Crippen LogP contribution in [0.25, 0.3) is 11.1 Å². The summed E-state index contributed by atoms with van der Waals surface area (Å²) in [6.07, 6.45) is 3.28. The maximum absolute atomic E-state index is 13.1. The number of rotatable bonds is 1. The van der Waals surface area contributed by atoms with Gasteiger partial charge in [0, 0.05) is 37.0 Å². The predicted molar refractivity (Wildman–Crippen MR) is 99.6 cm³/mol. The van der Waals surface area contributed by atoms with E-state index in [1.165, 1.54) is 0 Å². The molecule has 2 unspecified atom stereocenters. The van der Waals surface area contributed by atoms with E-state index in [0.29, 0.717) is 17.2 Å². The van der Waals surface area contributed by atoms with Crippen molar-refractivity contribution in [3.8, 4) is 16.9 Å². The van der Waals surface area contributed by atoms with Gasteiger partial charge in [-0.1, -0.05) is 17.7 Å². The number of nitrogens with zero attached hydrogens (tertiary/aromatic N) is 2. The van der Waals surface area contributed by atoms with Crippen LogP contribution in [0.15, 0.2) is 36.7 Å².